The third-order valence-corrected chi connectivity index (χ3v) is 4.91. The van der Waals surface area contributed by atoms with E-state index in [9.17, 15) is 29.3 Å². The second-order valence-corrected chi connectivity index (χ2v) is 7.48. The van der Waals surface area contributed by atoms with Crippen LogP contribution in [0.5, 0.6) is 0 Å². The molecule has 1 unspecified atom stereocenters. The summed E-state index contributed by atoms with van der Waals surface area (Å²) in [7, 11) is 0. The molecule has 11 heteroatoms. The minimum atomic E-state index is -0.827. The van der Waals surface area contributed by atoms with Crippen molar-refractivity contribution in [2.24, 2.45) is 0 Å². The maximum absolute atomic E-state index is 12.6. The molecular formula is C25H22N4O7. The molecule has 184 valence electrons. The fraction of sp³-hybridized carbons (Fsp3) is 0.120. The van der Waals surface area contributed by atoms with Gasteiger partial charge in [0.15, 0.2) is 6.61 Å². The van der Waals surface area contributed by atoms with Gasteiger partial charge in [0.1, 0.15) is 0 Å². The minimum Gasteiger partial charge on any atom is -0.455 e. The Labute approximate surface area is 205 Å². The number of benzene rings is 3. The lowest BCUT2D eigenvalue weighted by atomic mass is 10.0. The highest BCUT2D eigenvalue weighted by molar-refractivity contribution is 5.96. The lowest BCUT2D eigenvalue weighted by Gasteiger charge is -2.19. The molecule has 3 amide bonds. The molecule has 3 aromatic carbocycles. The molecule has 0 radical (unpaired) electrons. The quantitative estimate of drug-likeness (QED) is 0.236. The average Bonchev–Trinajstić information content (AvgIpc) is 2.91. The van der Waals surface area contributed by atoms with E-state index in [0.717, 1.165) is 6.07 Å². The van der Waals surface area contributed by atoms with Crippen molar-refractivity contribution in [3.8, 4) is 0 Å². The van der Waals surface area contributed by atoms with Gasteiger partial charge in [-0.2, -0.15) is 0 Å². The molecule has 0 aromatic heterocycles. The number of non-ortho nitro benzene ring substituents is 1. The van der Waals surface area contributed by atoms with Crippen molar-refractivity contribution in [2.45, 2.75) is 12.5 Å². The first kappa shape index (κ1) is 25.6. The minimum absolute atomic E-state index is 0.0404. The average molecular weight is 490 g/mol. The Bertz CT molecular complexity index is 1250. The summed E-state index contributed by atoms with van der Waals surface area (Å²) >= 11 is 0. The number of carbonyl (C=O) groups excluding carboxylic acids is 4. The van der Waals surface area contributed by atoms with Gasteiger partial charge in [-0.1, -0.05) is 54.6 Å². The van der Waals surface area contributed by atoms with Gasteiger partial charge in [0, 0.05) is 23.3 Å². The van der Waals surface area contributed by atoms with Gasteiger partial charge >= 0.3 is 5.97 Å². The van der Waals surface area contributed by atoms with Crippen LogP contribution >= 0.6 is 0 Å². The van der Waals surface area contributed by atoms with Crippen molar-refractivity contribution in [3.63, 3.8) is 0 Å². The summed E-state index contributed by atoms with van der Waals surface area (Å²) in [6.07, 6.45) is -0.240. The van der Waals surface area contributed by atoms with Gasteiger partial charge in [-0.05, 0) is 23.8 Å². The number of nitrogens with zero attached hydrogens (tertiary/aromatic N) is 1. The molecule has 3 rings (SSSR count). The highest BCUT2D eigenvalue weighted by Crippen LogP contribution is 2.18. The maximum atomic E-state index is 12.6. The Morgan fingerprint density at radius 2 is 1.44 bits per heavy atom. The van der Waals surface area contributed by atoms with E-state index >= 15 is 0 Å². The maximum Gasteiger partial charge on any atom is 0.308 e. The van der Waals surface area contributed by atoms with E-state index in [4.69, 9.17) is 4.74 Å². The number of hydrogen-bond acceptors (Lipinski definition) is 7. The van der Waals surface area contributed by atoms with Crippen molar-refractivity contribution in [1.82, 2.24) is 16.2 Å². The zero-order chi connectivity index (χ0) is 25.9. The third kappa shape index (κ3) is 7.48. The molecule has 11 nitrogen and oxygen atoms in total. The fourth-order valence-corrected chi connectivity index (χ4v) is 3.14. The molecule has 0 heterocycles. The third-order valence-electron chi connectivity index (χ3n) is 4.91. The Hall–Kier alpha value is -5.06. The van der Waals surface area contributed by atoms with Gasteiger partial charge in [0.05, 0.1) is 17.4 Å². The van der Waals surface area contributed by atoms with Gasteiger partial charge in [0.25, 0.3) is 23.4 Å². The summed E-state index contributed by atoms with van der Waals surface area (Å²) in [5.74, 6) is -2.74. The van der Waals surface area contributed by atoms with Crippen molar-refractivity contribution in [2.75, 3.05) is 6.61 Å². The van der Waals surface area contributed by atoms with Gasteiger partial charge in [-0.15, -0.1) is 0 Å². The van der Waals surface area contributed by atoms with E-state index in [1.54, 1.807) is 60.7 Å². The van der Waals surface area contributed by atoms with Gasteiger partial charge in [-0.25, -0.2) is 0 Å². The van der Waals surface area contributed by atoms with Crippen LogP contribution in [0.25, 0.3) is 0 Å². The van der Waals surface area contributed by atoms with Crippen LogP contribution in [0.2, 0.25) is 0 Å². The summed E-state index contributed by atoms with van der Waals surface area (Å²) in [4.78, 5) is 59.3. The molecule has 0 aliphatic heterocycles. The smallest absolute Gasteiger partial charge is 0.308 e. The lowest BCUT2D eigenvalue weighted by molar-refractivity contribution is -0.384. The van der Waals surface area contributed by atoms with E-state index in [1.807, 2.05) is 0 Å². The molecule has 0 aliphatic rings. The number of nitro benzene ring substituents is 1. The van der Waals surface area contributed by atoms with Crippen LogP contribution in [-0.2, 0) is 14.3 Å². The first-order chi connectivity index (χ1) is 17.3. The molecule has 0 spiro atoms. The summed E-state index contributed by atoms with van der Waals surface area (Å²) in [6, 6.07) is 21.6. The zero-order valence-corrected chi connectivity index (χ0v) is 18.9. The van der Waals surface area contributed by atoms with Crippen LogP contribution in [0, 0.1) is 10.1 Å². The number of rotatable bonds is 9. The second-order valence-electron chi connectivity index (χ2n) is 7.48. The molecule has 0 fully saturated rings. The summed E-state index contributed by atoms with van der Waals surface area (Å²) in [5.41, 5.74) is 4.93. The SMILES string of the molecule is O=C(COC(=O)CC(NC(=O)c1ccccc1)c1ccccc1)NNC(=O)c1cccc([N+](=O)[O-])c1. The van der Waals surface area contributed by atoms with E-state index in [1.165, 1.54) is 18.2 Å². The number of ether oxygens (including phenoxy) is 1. The molecule has 3 N–H and O–H groups in total. The van der Waals surface area contributed by atoms with Crippen LogP contribution in [0.3, 0.4) is 0 Å². The van der Waals surface area contributed by atoms with Crippen molar-refractivity contribution in [3.05, 3.63) is 112 Å². The van der Waals surface area contributed by atoms with Crippen LogP contribution in [0.4, 0.5) is 5.69 Å². The first-order valence-electron chi connectivity index (χ1n) is 10.7. The van der Waals surface area contributed by atoms with E-state index in [0.29, 0.717) is 11.1 Å². The van der Waals surface area contributed by atoms with E-state index in [-0.39, 0.29) is 23.6 Å². The number of carbonyl (C=O) groups is 4. The standard InChI is InChI=1S/C25H22N4O7/c30-22(27-28-25(33)19-12-7-13-20(14-19)29(34)35)16-36-23(31)15-21(17-8-3-1-4-9-17)26-24(32)18-10-5-2-6-11-18/h1-14,21H,15-16H2,(H,26,32)(H,27,30)(H,28,33). The number of nitro groups is 1. The van der Waals surface area contributed by atoms with Crippen molar-refractivity contribution in [1.29, 1.82) is 0 Å². The summed E-state index contributed by atoms with van der Waals surface area (Å²) in [6.45, 7) is -0.692. The lowest BCUT2D eigenvalue weighted by Crippen LogP contribution is -2.43. The number of esters is 1. The molecule has 0 saturated carbocycles. The number of nitrogens with one attached hydrogen (secondary N) is 3. The van der Waals surface area contributed by atoms with E-state index in [2.05, 4.69) is 16.2 Å². The zero-order valence-electron chi connectivity index (χ0n) is 18.9. The number of amides is 3. The normalized spacial score (nSPS) is 11.0. The molecule has 0 saturated heterocycles. The monoisotopic (exact) mass is 490 g/mol. The Morgan fingerprint density at radius 1 is 0.806 bits per heavy atom. The fourth-order valence-electron chi connectivity index (χ4n) is 3.14. The number of hydrazine groups is 1. The van der Waals surface area contributed by atoms with E-state index < -0.39 is 35.4 Å². The number of hydrogen-bond donors (Lipinski definition) is 3. The molecule has 1 atom stereocenters. The van der Waals surface area contributed by atoms with Crippen molar-refractivity contribution < 1.29 is 28.8 Å². The molecule has 0 bridgehead atoms. The first-order valence-corrected chi connectivity index (χ1v) is 10.7. The highest BCUT2D eigenvalue weighted by atomic mass is 16.6. The largest absolute Gasteiger partial charge is 0.455 e. The topological polar surface area (TPSA) is 157 Å². The Balaban J connectivity index is 1.52. The van der Waals surface area contributed by atoms with Crippen LogP contribution in [-0.4, -0.2) is 35.2 Å². The summed E-state index contributed by atoms with van der Waals surface area (Å²) in [5, 5.41) is 13.6. The van der Waals surface area contributed by atoms with Crippen molar-refractivity contribution >= 4 is 29.4 Å². The highest BCUT2D eigenvalue weighted by Gasteiger charge is 2.21. The van der Waals surface area contributed by atoms with Crippen LogP contribution in [0.1, 0.15) is 38.7 Å². The van der Waals surface area contributed by atoms with Gasteiger partial charge < -0.3 is 10.1 Å². The second kappa shape index (κ2) is 12.4. The van der Waals surface area contributed by atoms with Crippen LogP contribution in [0.15, 0.2) is 84.9 Å². The molecule has 3 aromatic rings. The van der Waals surface area contributed by atoms with Gasteiger partial charge in [-0.3, -0.25) is 40.1 Å². The Kier molecular flexibility index (Phi) is 8.82. The molecule has 36 heavy (non-hydrogen) atoms. The molecular weight excluding hydrogens is 468 g/mol. The predicted octanol–water partition coefficient (Wildman–Crippen LogP) is 2.46. The molecule has 0 aliphatic carbocycles. The van der Waals surface area contributed by atoms with Gasteiger partial charge in [0.2, 0.25) is 0 Å². The predicted molar refractivity (Wildman–Crippen MR) is 127 cm³/mol. The Morgan fingerprint density at radius 3 is 2.11 bits per heavy atom. The van der Waals surface area contributed by atoms with Crippen LogP contribution < -0.4 is 16.2 Å². The summed E-state index contributed by atoms with van der Waals surface area (Å²) < 4.78 is 4.99.